The van der Waals surface area contributed by atoms with Crippen molar-refractivity contribution in [1.29, 1.82) is 0 Å². The summed E-state index contributed by atoms with van der Waals surface area (Å²) in [4.78, 5) is 29.5. The van der Waals surface area contributed by atoms with Gasteiger partial charge in [-0.2, -0.15) is 0 Å². The SMILES string of the molecule is CN1C[C@H](c2ccccc2)[C@@]2(CCN(C(=O)[C@H]3CCOC3)C2)C1=O. The zero-order valence-electron chi connectivity index (χ0n) is 14.1. The molecule has 3 heterocycles. The van der Waals surface area contributed by atoms with E-state index in [2.05, 4.69) is 12.1 Å². The normalized spacial score (nSPS) is 33.0. The third-order valence-corrected chi connectivity index (χ3v) is 5.99. The average molecular weight is 328 g/mol. The molecule has 3 fully saturated rings. The second kappa shape index (κ2) is 5.88. The summed E-state index contributed by atoms with van der Waals surface area (Å²) in [7, 11) is 1.88. The van der Waals surface area contributed by atoms with Gasteiger partial charge in [0.15, 0.2) is 0 Å². The molecular formula is C19H24N2O3. The number of likely N-dealkylation sites (tertiary alicyclic amines) is 2. The van der Waals surface area contributed by atoms with Gasteiger partial charge in [0.25, 0.3) is 0 Å². The first kappa shape index (κ1) is 15.6. The molecule has 5 heteroatoms. The van der Waals surface area contributed by atoms with Gasteiger partial charge in [-0.3, -0.25) is 9.59 Å². The zero-order chi connectivity index (χ0) is 16.7. The van der Waals surface area contributed by atoms with Crippen molar-refractivity contribution in [3.8, 4) is 0 Å². The first-order valence-electron chi connectivity index (χ1n) is 8.79. The fourth-order valence-corrected chi connectivity index (χ4v) is 4.64. The van der Waals surface area contributed by atoms with Crippen molar-refractivity contribution < 1.29 is 14.3 Å². The molecule has 0 aromatic heterocycles. The van der Waals surface area contributed by atoms with Gasteiger partial charge in [0.05, 0.1) is 17.9 Å². The topological polar surface area (TPSA) is 49.9 Å². The van der Waals surface area contributed by atoms with E-state index in [0.717, 1.165) is 19.4 Å². The minimum absolute atomic E-state index is 0.0236. The summed E-state index contributed by atoms with van der Waals surface area (Å²) in [6.07, 6.45) is 1.56. The molecule has 0 saturated carbocycles. The molecule has 2 amide bonds. The highest BCUT2D eigenvalue weighted by molar-refractivity contribution is 5.89. The van der Waals surface area contributed by atoms with Gasteiger partial charge in [-0.05, 0) is 18.4 Å². The Kier molecular flexibility index (Phi) is 3.83. The molecule has 3 atom stereocenters. The summed E-state index contributed by atoms with van der Waals surface area (Å²) >= 11 is 0. The van der Waals surface area contributed by atoms with Crippen molar-refractivity contribution in [2.45, 2.75) is 18.8 Å². The Balaban J connectivity index is 1.60. The highest BCUT2D eigenvalue weighted by atomic mass is 16.5. The number of rotatable bonds is 2. The fourth-order valence-electron chi connectivity index (χ4n) is 4.64. The van der Waals surface area contributed by atoms with Crippen LogP contribution in [0.1, 0.15) is 24.3 Å². The van der Waals surface area contributed by atoms with Gasteiger partial charge in [0.2, 0.25) is 11.8 Å². The molecule has 1 aromatic carbocycles. The maximum absolute atomic E-state index is 13.0. The summed E-state index contributed by atoms with van der Waals surface area (Å²) in [5, 5.41) is 0. The Bertz CT molecular complexity index is 641. The maximum Gasteiger partial charge on any atom is 0.231 e. The van der Waals surface area contributed by atoms with Crippen molar-refractivity contribution in [1.82, 2.24) is 9.80 Å². The summed E-state index contributed by atoms with van der Waals surface area (Å²) in [6.45, 7) is 3.16. The molecule has 1 spiro atoms. The Labute approximate surface area is 142 Å². The molecule has 4 rings (SSSR count). The van der Waals surface area contributed by atoms with Gasteiger partial charge in [-0.1, -0.05) is 30.3 Å². The third-order valence-electron chi connectivity index (χ3n) is 5.99. The molecule has 128 valence electrons. The Morgan fingerprint density at radius 1 is 1.29 bits per heavy atom. The number of benzene rings is 1. The minimum Gasteiger partial charge on any atom is -0.381 e. The summed E-state index contributed by atoms with van der Waals surface area (Å²) in [6, 6.07) is 10.3. The van der Waals surface area contributed by atoms with E-state index >= 15 is 0 Å². The quantitative estimate of drug-likeness (QED) is 0.827. The van der Waals surface area contributed by atoms with Gasteiger partial charge in [0.1, 0.15) is 0 Å². The van der Waals surface area contributed by atoms with E-state index in [9.17, 15) is 9.59 Å². The van der Waals surface area contributed by atoms with Crippen LogP contribution in [0.15, 0.2) is 30.3 Å². The van der Waals surface area contributed by atoms with Crippen LogP contribution in [0.4, 0.5) is 0 Å². The number of hydrogen-bond acceptors (Lipinski definition) is 3. The number of nitrogens with zero attached hydrogens (tertiary/aromatic N) is 2. The average Bonchev–Trinajstić information content (AvgIpc) is 3.33. The van der Waals surface area contributed by atoms with Crippen LogP contribution in [0.3, 0.4) is 0 Å². The number of hydrogen-bond donors (Lipinski definition) is 0. The maximum atomic E-state index is 13.0. The van der Waals surface area contributed by atoms with E-state index in [-0.39, 0.29) is 23.7 Å². The first-order chi connectivity index (χ1) is 11.6. The van der Waals surface area contributed by atoms with Gasteiger partial charge in [-0.25, -0.2) is 0 Å². The molecule has 3 aliphatic heterocycles. The molecular weight excluding hydrogens is 304 g/mol. The summed E-state index contributed by atoms with van der Waals surface area (Å²) in [5.41, 5.74) is 0.749. The lowest BCUT2D eigenvalue weighted by molar-refractivity contribution is -0.137. The van der Waals surface area contributed by atoms with Gasteiger partial charge < -0.3 is 14.5 Å². The second-order valence-corrected chi connectivity index (χ2v) is 7.38. The van der Waals surface area contributed by atoms with Gasteiger partial charge in [0, 0.05) is 39.2 Å². The minimum atomic E-state index is -0.453. The Morgan fingerprint density at radius 2 is 2.08 bits per heavy atom. The van der Waals surface area contributed by atoms with E-state index in [0.29, 0.717) is 26.3 Å². The molecule has 0 N–H and O–H groups in total. The van der Waals surface area contributed by atoms with E-state index in [1.165, 1.54) is 5.56 Å². The van der Waals surface area contributed by atoms with Crippen molar-refractivity contribution in [2.75, 3.05) is 39.9 Å². The van der Waals surface area contributed by atoms with Gasteiger partial charge in [-0.15, -0.1) is 0 Å². The first-order valence-corrected chi connectivity index (χ1v) is 8.79. The third kappa shape index (κ3) is 2.34. The van der Waals surface area contributed by atoms with Crippen molar-refractivity contribution in [3.63, 3.8) is 0 Å². The van der Waals surface area contributed by atoms with Crippen LogP contribution >= 0.6 is 0 Å². The highest BCUT2D eigenvalue weighted by Gasteiger charge is 2.57. The van der Waals surface area contributed by atoms with Crippen LogP contribution < -0.4 is 0 Å². The van der Waals surface area contributed by atoms with Crippen LogP contribution in [0, 0.1) is 11.3 Å². The van der Waals surface area contributed by atoms with Crippen LogP contribution in [0.2, 0.25) is 0 Å². The number of carbonyl (C=O) groups is 2. The summed E-state index contributed by atoms with van der Waals surface area (Å²) in [5.74, 6) is 0.492. The van der Waals surface area contributed by atoms with Crippen LogP contribution in [0.5, 0.6) is 0 Å². The van der Waals surface area contributed by atoms with Crippen molar-refractivity contribution in [2.24, 2.45) is 11.3 Å². The standard InChI is InChI=1S/C19H24N2O3/c1-20-11-16(14-5-3-2-4-6-14)19(18(20)23)8-9-21(13-19)17(22)15-7-10-24-12-15/h2-6,15-16H,7-13H2,1H3/t15-,16+,19-/m0/s1. The van der Waals surface area contributed by atoms with Crippen LogP contribution in [0.25, 0.3) is 0 Å². The molecule has 1 aromatic rings. The lowest BCUT2D eigenvalue weighted by atomic mass is 9.73. The molecule has 0 aliphatic carbocycles. The number of amides is 2. The number of carbonyl (C=O) groups excluding carboxylic acids is 2. The highest BCUT2D eigenvalue weighted by Crippen LogP contribution is 2.49. The van der Waals surface area contributed by atoms with Crippen LogP contribution in [-0.2, 0) is 14.3 Å². The van der Waals surface area contributed by atoms with E-state index in [1.54, 1.807) is 0 Å². The van der Waals surface area contributed by atoms with Gasteiger partial charge >= 0.3 is 0 Å². The second-order valence-electron chi connectivity index (χ2n) is 7.38. The molecule has 3 aliphatic rings. The fraction of sp³-hybridized carbons (Fsp3) is 0.579. The molecule has 3 saturated heterocycles. The van der Waals surface area contributed by atoms with E-state index in [4.69, 9.17) is 4.74 Å². The molecule has 0 bridgehead atoms. The molecule has 0 unspecified atom stereocenters. The smallest absolute Gasteiger partial charge is 0.231 e. The van der Waals surface area contributed by atoms with Crippen LogP contribution in [-0.4, -0.2) is 61.5 Å². The van der Waals surface area contributed by atoms with Crippen molar-refractivity contribution in [3.05, 3.63) is 35.9 Å². The Morgan fingerprint density at radius 3 is 2.79 bits per heavy atom. The largest absolute Gasteiger partial charge is 0.381 e. The van der Waals surface area contributed by atoms with E-state index < -0.39 is 5.41 Å². The molecule has 0 radical (unpaired) electrons. The predicted molar refractivity (Wildman–Crippen MR) is 89.4 cm³/mol. The van der Waals surface area contributed by atoms with Crippen molar-refractivity contribution >= 4 is 11.8 Å². The predicted octanol–water partition coefficient (Wildman–Crippen LogP) is 1.50. The lowest BCUT2D eigenvalue weighted by Gasteiger charge is -2.29. The number of likely N-dealkylation sites (N-methyl/N-ethyl adjacent to an activating group) is 1. The number of ether oxygens (including phenoxy) is 1. The monoisotopic (exact) mass is 328 g/mol. The lowest BCUT2D eigenvalue weighted by Crippen LogP contribution is -2.41. The zero-order valence-corrected chi connectivity index (χ0v) is 14.1. The molecule has 24 heavy (non-hydrogen) atoms. The van der Waals surface area contributed by atoms with E-state index in [1.807, 2.05) is 35.0 Å². The molecule has 5 nitrogen and oxygen atoms in total. The Hall–Kier alpha value is -1.88. The summed E-state index contributed by atoms with van der Waals surface area (Å²) < 4.78 is 5.36.